The first-order chi connectivity index (χ1) is 6.74. The zero-order valence-electron chi connectivity index (χ0n) is 7.84. The van der Waals surface area contributed by atoms with Crippen molar-refractivity contribution in [1.29, 1.82) is 0 Å². The van der Waals surface area contributed by atoms with Crippen LogP contribution in [0.1, 0.15) is 16.2 Å². The zero-order valence-corrected chi connectivity index (χ0v) is 8.60. The molecule has 0 aliphatic carbocycles. The number of halogens is 1. The molecule has 4 nitrogen and oxygen atoms in total. The van der Waals surface area contributed by atoms with E-state index in [-0.39, 0.29) is 5.97 Å². The highest BCUT2D eigenvalue weighted by atomic mass is 35.5. The van der Waals surface area contributed by atoms with Crippen molar-refractivity contribution in [2.24, 2.45) is 0 Å². The number of carbonyl (C=O) groups excluding carboxylic acids is 1. The Kier molecular flexibility index (Phi) is 2.48. The molecule has 0 fully saturated rings. The lowest BCUT2D eigenvalue weighted by Crippen LogP contribution is -2.29. The predicted octanol–water partition coefficient (Wildman–Crippen LogP) is 1.03. The van der Waals surface area contributed by atoms with Gasteiger partial charge in [-0.1, -0.05) is 11.6 Å². The van der Waals surface area contributed by atoms with Gasteiger partial charge in [0.25, 0.3) is 0 Å². The summed E-state index contributed by atoms with van der Waals surface area (Å²) in [7, 11) is 1.36. The van der Waals surface area contributed by atoms with Crippen molar-refractivity contribution in [3.05, 3.63) is 22.5 Å². The molecule has 0 saturated heterocycles. The Hall–Kier alpha value is -1.00. The fourth-order valence-corrected chi connectivity index (χ4v) is 1.98. The molecule has 0 spiro atoms. The van der Waals surface area contributed by atoms with Crippen molar-refractivity contribution in [1.82, 2.24) is 9.88 Å². The van der Waals surface area contributed by atoms with Gasteiger partial charge in [0.2, 0.25) is 0 Å². The zero-order chi connectivity index (χ0) is 10.1. The molecule has 1 aromatic heterocycles. The Labute approximate surface area is 86.8 Å². The number of ether oxygens (including phenoxy) is 1. The summed E-state index contributed by atoms with van der Waals surface area (Å²) in [6.45, 7) is 2.35. The first-order valence-electron chi connectivity index (χ1n) is 4.41. The van der Waals surface area contributed by atoms with Gasteiger partial charge in [-0.3, -0.25) is 0 Å². The molecule has 1 aliphatic heterocycles. The Bertz CT molecular complexity index is 373. The average molecular weight is 215 g/mol. The Morgan fingerprint density at radius 1 is 1.71 bits per heavy atom. The van der Waals surface area contributed by atoms with Crippen LogP contribution in [0.5, 0.6) is 0 Å². The van der Waals surface area contributed by atoms with Crippen LogP contribution in [0.25, 0.3) is 0 Å². The average Bonchev–Trinajstić information content (AvgIpc) is 2.53. The monoisotopic (exact) mass is 214 g/mol. The lowest BCUT2D eigenvalue weighted by Gasteiger charge is -2.17. The summed E-state index contributed by atoms with van der Waals surface area (Å²) in [5, 5.41) is 3.67. The van der Waals surface area contributed by atoms with Crippen LogP contribution in [0.4, 0.5) is 0 Å². The Morgan fingerprint density at radius 2 is 2.50 bits per heavy atom. The van der Waals surface area contributed by atoms with Crippen LogP contribution in [0.15, 0.2) is 6.07 Å². The molecule has 0 unspecified atom stereocenters. The number of aromatic nitrogens is 1. The second-order valence-electron chi connectivity index (χ2n) is 3.15. The summed E-state index contributed by atoms with van der Waals surface area (Å²) in [6.07, 6.45) is 0. The standard InChI is InChI=1S/C9H11ClN2O2/c1-14-9(13)8-7(10)4-6-5-11-2-3-12(6)8/h4,11H,2-3,5H2,1H3. The van der Waals surface area contributed by atoms with Gasteiger partial charge in [-0.25, -0.2) is 4.79 Å². The van der Waals surface area contributed by atoms with E-state index in [4.69, 9.17) is 11.6 Å². The molecule has 0 saturated carbocycles. The highest BCUT2D eigenvalue weighted by Gasteiger charge is 2.22. The molecule has 1 aliphatic rings. The van der Waals surface area contributed by atoms with E-state index in [2.05, 4.69) is 10.1 Å². The van der Waals surface area contributed by atoms with Crippen molar-refractivity contribution in [3.63, 3.8) is 0 Å². The summed E-state index contributed by atoms with van der Waals surface area (Å²) < 4.78 is 6.58. The lowest BCUT2D eigenvalue weighted by atomic mass is 10.3. The van der Waals surface area contributed by atoms with E-state index in [0.717, 1.165) is 25.3 Å². The summed E-state index contributed by atoms with van der Waals surface area (Å²) in [5.41, 5.74) is 1.49. The maximum Gasteiger partial charge on any atom is 0.356 e. The van der Waals surface area contributed by atoms with E-state index < -0.39 is 0 Å². The number of rotatable bonds is 1. The second-order valence-corrected chi connectivity index (χ2v) is 3.56. The van der Waals surface area contributed by atoms with Gasteiger partial charge >= 0.3 is 5.97 Å². The van der Waals surface area contributed by atoms with Gasteiger partial charge in [-0.2, -0.15) is 0 Å². The smallest absolute Gasteiger partial charge is 0.356 e. The number of methoxy groups -OCH3 is 1. The maximum absolute atomic E-state index is 11.4. The molecule has 1 aromatic rings. The molecular formula is C9H11ClN2O2. The molecule has 14 heavy (non-hydrogen) atoms. The fraction of sp³-hybridized carbons (Fsp3) is 0.444. The van der Waals surface area contributed by atoms with Crippen LogP contribution < -0.4 is 5.32 Å². The van der Waals surface area contributed by atoms with Crippen LogP contribution in [0.2, 0.25) is 5.02 Å². The van der Waals surface area contributed by atoms with E-state index >= 15 is 0 Å². The molecule has 0 aromatic carbocycles. The van der Waals surface area contributed by atoms with Crippen molar-refractivity contribution < 1.29 is 9.53 Å². The molecule has 1 N–H and O–H groups in total. The van der Waals surface area contributed by atoms with Gasteiger partial charge in [-0.15, -0.1) is 0 Å². The quantitative estimate of drug-likeness (QED) is 0.711. The number of carbonyl (C=O) groups is 1. The van der Waals surface area contributed by atoms with E-state index in [9.17, 15) is 4.79 Å². The number of esters is 1. The van der Waals surface area contributed by atoms with Gasteiger partial charge in [0.05, 0.1) is 12.1 Å². The van der Waals surface area contributed by atoms with Crippen molar-refractivity contribution >= 4 is 17.6 Å². The van der Waals surface area contributed by atoms with Crippen LogP contribution in [0, 0.1) is 0 Å². The van der Waals surface area contributed by atoms with Crippen molar-refractivity contribution in [2.75, 3.05) is 13.7 Å². The number of hydrogen-bond donors (Lipinski definition) is 1. The molecule has 0 amide bonds. The fourth-order valence-electron chi connectivity index (χ4n) is 1.68. The van der Waals surface area contributed by atoms with Gasteiger partial charge < -0.3 is 14.6 Å². The Balaban J connectivity index is 2.47. The highest BCUT2D eigenvalue weighted by molar-refractivity contribution is 6.33. The minimum absolute atomic E-state index is 0.372. The summed E-state index contributed by atoms with van der Waals surface area (Å²) >= 11 is 5.96. The molecule has 76 valence electrons. The van der Waals surface area contributed by atoms with E-state index in [1.54, 1.807) is 6.07 Å². The summed E-state index contributed by atoms with van der Waals surface area (Å²) in [6, 6.07) is 1.81. The predicted molar refractivity (Wildman–Crippen MR) is 52.5 cm³/mol. The van der Waals surface area contributed by atoms with Crippen LogP contribution >= 0.6 is 11.6 Å². The largest absolute Gasteiger partial charge is 0.464 e. The summed E-state index contributed by atoms with van der Waals surface area (Å²) in [5.74, 6) is -0.372. The van der Waals surface area contributed by atoms with Crippen LogP contribution in [0.3, 0.4) is 0 Å². The molecule has 2 heterocycles. The third-order valence-electron chi connectivity index (χ3n) is 2.33. The Morgan fingerprint density at radius 3 is 3.21 bits per heavy atom. The SMILES string of the molecule is COC(=O)c1c(Cl)cc2n1CCNC2. The third-order valence-corrected chi connectivity index (χ3v) is 2.62. The van der Waals surface area contributed by atoms with Crippen molar-refractivity contribution in [3.8, 4) is 0 Å². The van der Waals surface area contributed by atoms with Gasteiger partial charge in [0.1, 0.15) is 5.69 Å². The second kappa shape index (κ2) is 3.63. The minimum Gasteiger partial charge on any atom is -0.464 e. The van der Waals surface area contributed by atoms with Gasteiger partial charge in [0, 0.05) is 25.3 Å². The van der Waals surface area contributed by atoms with E-state index in [0.29, 0.717) is 10.7 Å². The maximum atomic E-state index is 11.4. The molecule has 0 bridgehead atoms. The molecule has 2 rings (SSSR count). The molecule has 0 atom stereocenters. The minimum atomic E-state index is -0.372. The van der Waals surface area contributed by atoms with Gasteiger partial charge in [0.15, 0.2) is 0 Å². The van der Waals surface area contributed by atoms with Crippen LogP contribution in [-0.2, 0) is 17.8 Å². The topological polar surface area (TPSA) is 43.3 Å². The number of nitrogens with zero attached hydrogens (tertiary/aromatic N) is 1. The van der Waals surface area contributed by atoms with E-state index in [1.807, 2.05) is 4.57 Å². The van der Waals surface area contributed by atoms with Crippen LogP contribution in [-0.4, -0.2) is 24.2 Å². The third kappa shape index (κ3) is 1.40. The first kappa shape index (κ1) is 9.55. The highest BCUT2D eigenvalue weighted by Crippen LogP contribution is 2.23. The van der Waals surface area contributed by atoms with E-state index in [1.165, 1.54) is 7.11 Å². The van der Waals surface area contributed by atoms with Crippen molar-refractivity contribution in [2.45, 2.75) is 13.1 Å². The lowest BCUT2D eigenvalue weighted by molar-refractivity contribution is 0.0587. The number of nitrogens with one attached hydrogen (secondary N) is 1. The molecular weight excluding hydrogens is 204 g/mol. The van der Waals surface area contributed by atoms with Gasteiger partial charge in [-0.05, 0) is 6.07 Å². The summed E-state index contributed by atoms with van der Waals surface area (Å²) in [4.78, 5) is 11.4. The molecule has 5 heteroatoms. The first-order valence-corrected chi connectivity index (χ1v) is 4.78. The molecule has 0 radical (unpaired) electrons. The normalized spacial score (nSPS) is 15.0. The number of hydrogen-bond acceptors (Lipinski definition) is 3. The number of fused-ring (bicyclic) bond motifs is 1.